The molecule has 0 unspecified atom stereocenters. The SMILES string of the molecule is Cc1c(COc2cc(OCc3cncc(C#N)c3)c(CN)cc2Cl)cccc1-c1cccc(OCCCN2CCCCC2)c1Cl. The number of nitrogens with two attached hydrogens (primary N) is 1. The molecule has 45 heavy (non-hydrogen) atoms. The van der Waals surface area contributed by atoms with E-state index < -0.39 is 0 Å². The lowest BCUT2D eigenvalue weighted by atomic mass is 9.96. The Labute approximate surface area is 275 Å². The molecule has 3 aromatic carbocycles. The summed E-state index contributed by atoms with van der Waals surface area (Å²) in [5.74, 6) is 1.74. The standard InChI is InChI=1S/C36H38Cl2N4O3/c1-25-28(24-45-35-18-34(29(20-40)17-32(35)37)44-23-27-16-26(19-39)21-41-22-27)8-5-9-30(25)31-10-6-11-33(36(31)38)43-15-7-14-42-12-3-2-4-13-42/h5-6,8-11,16-18,21-22H,2-4,7,12-15,20,23-24,40H2,1H3. The largest absolute Gasteiger partial charge is 0.492 e. The van der Waals surface area contributed by atoms with E-state index in [2.05, 4.69) is 28.9 Å². The topological polar surface area (TPSA) is 93.6 Å². The molecule has 0 saturated carbocycles. The van der Waals surface area contributed by atoms with Crippen LogP contribution in [0.2, 0.25) is 10.0 Å². The molecule has 1 aromatic heterocycles. The number of aromatic nitrogens is 1. The molecule has 0 aliphatic carbocycles. The highest BCUT2D eigenvalue weighted by molar-refractivity contribution is 6.35. The number of hydrogen-bond acceptors (Lipinski definition) is 7. The van der Waals surface area contributed by atoms with Gasteiger partial charge in [0.15, 0.2) is 0 Å². The molecular weight excluding hydrogens is 607 g/mol. The van der Waals surface area contributed by atoms with E-state index >= 15 is 0 Å². The second-order valence-corrected chi connectivity index (χ2v) is 12.0. The number of benzene rings is 3. The molecule has 7 nitrogen and oxygen atoms in total. The minimum Gasteiger partial charge on any atom is -0.492 e. The maximum atomic E-state index is 9.16. The van der Waals surface area contributed by atoms with Gasteiger partial charge in [-0.2, -0.15) is 5.26 Å². The van der Waals surface area contributed by atoms with Crippen molar-refractivity contribution in [3.05, 3.63) is 105 Å². The number of likely N-dealkylation sites (tertiary alicyclic amines) is 1. The average Bonchev–Trinajstić information content (AvgIpc) is 3.07. The Morgan fingerprint density at radius 1 is 0.867 bits per heavy atom. The summed E-state index contributed by atoms with van der Waals surface area (Å²) >= 11 is 13.5. The fourth-order valence-corrected chi connectivity index (χ4v) is 6.06. The summed E-state index contributed by atoms with van der Waals surface area (Å²) in [5, 5.41) is 10.2. The zero-order chi connectivity index (χ0) is 31.6. The van der Waals surface area contributed by atoms with Crippen LogP contribution in [0.15, 0.2) is 67.0 Å². The van der Waals surface area contributed by atoms with E-state index in [0.29, 0.717) is 46.1 Å². The number of nitrogens with zero attached hydrogens (tertiary/aromatic N) is 3. The zero-order valence-electron chi connectivity index (χ0n) is 25.5. The van der Waals surface area contributed by atoms with Crippen molar-refractivity contribution in [2.24, 2.45) is 5.73 Å². The second kappa shape index (κ2) is 16.0. The molecule has 1 aliphatic heterocycles. The van der Waals surface area contributed by atoms with Gasteiger partial charge >= 0.3 is 0 Å². The van der Waals surface area contributed by atoms with Crippen LogP contribution in [0.3, 0.4) is 0 Å². The van der Waals surface area contributed by atoms with E-state index in [1.807, 2.05) is 30.3 Å². The minimum absolute atomic E-state index is 0.222. The zero-order valence-corrected chi connectivity index (χ0v) is 27.0. The lowest BCUT2D eigenvalue weighted by Gasteiger charge is -2.26. The van der Waals surface area contributed by atoms with Crippen LogP contribution in [-0.2, 0) is 19.8 Å². The van der Waals surface area contributed by atoms with Crippen molar-refractivity contribution in [3.8, 4) is 34.4 Å². The van der Waals surface area contributed by atoms with Crippen LogP contribution >= 0.6 is 23.2 Å². The third-order valence-electron chi connectivity index (χ3n) is 8.06. The van der Waals surface area contributed by atoms with Crippen molar-refractivity contribution in [2.45, 2.75) is 52.4 Å². The molecule has 0 amide bonds. The molecule has 234 valence electrons. The summed E-state index contributed by atoms with van der Waals surface area (Å²) in [4.78, 5) is 6.61. The van der Waals surface area contributed by atoms with Crippen LogP contribution < -0.4 is 19.9 Å². The maximum Gasteiger partial charge on any atom is 0.142 e. The average molecular weight is 646 g/mol. The third kappa shape index (κ3) is 8.47. The predicted octanol–water partition coefficient (Wildman–Crippen LogP) is 8.11. The van der Waals surface area contributed by atoms with Gasteiger partial charge in [-0.3, -0.25) is 4.98 Å². The highest BCUT2D eigenvalue weighted by atomic mass is 35.5. The molecule has 4 aromatic rings. The smallest absolute Gasteiger partial charge is 0.142 e. The first kappa shape index (κ1) is 32.6. The van der Waals surface area contributed by atoms with Gasteiger partial charge in [0, 0.05) is 48.2 Å². The number of nitriles is 1. The van der Waals surface area contributed by atoms with Gasteiger partial charge in [-0.15, -0.1) is 0 Å². The first-order valence-electron chi connectivity index (χ1n) is 15.3. The Bertz CT molecular complexity index is 1650. The Morgan fingerprint density at radius 2 is 1.64 bits per heavy atom. The monoisotopic (exact) mass is 644 g/mol. The second-order valence-electron chi connectivity index (χ2n) is 11.2. The fourth-order valence-electron chi connectivity index (χ4n) is 5.54. The number of piperidine rings is 1. The first-order chi connectivity index (χ1) is 22.0. The number of halogens is 2. The van der Waals surface area contributed by atoms with E-state index in [9.17, 15) is 0 Å². The lowest BCUT2D eigenvalue weighted by molar-refractivity contribution is 0.205. The lowest BCUT2D eigenvalue weighted by Crippen LogP contribution is -2.31. The van der Waals surface area contributed by atoms with Crippen molar-refractivity contribution in [3.63, 3.8) is 0 Å². The molecule has 2 heterocycles. The molecule has 0 bridgehead atoms. The number of ether oxygens (including phenoxy) is 3. The Hall–Kier alpha value is -3.80. The molecule has 5 rings (SSSR count). The van der Waals surface area contributed by atoms with Crippen molar-refractivity contribution in [1.82, 2.24) is 9.88 Å². The van der Waals surface area contributed by atoms with Crippen LogP contribution in [-0.4, -0.2) is 36.1 Å². The predicted molar refractivity (Wildman–Crippen MR) is 179 cm³/mol. The summed E-state index contributed by atoms with van der Waals surface area (Å²) in [6.45, 7) is 6.88. The van der Waals surface area contributed by atoms with E-state index in [0.717, 1.165) is 46.3 Å². The van der Waals surface area contributed by atoms with E-state index in [1.54, 1.807) is 24.4 Å². The van der Waals surface area contributed by atoms with Crippen molar-refractivity contribution < 1.29 is 14.2 Å². The van der Waals surface area contributed by atoms with Crippen molar-refractivity contribution in [1.29, 1.82) is 5.26 Å². The molecule has 1 fully saturated rings. The quantitative estimate of drug-likeness (QED) is 0.147. The minimum atomic E-state index is 0.222. The highest BCUT2D eigenvalue weighted by Gasteiger charge is 2.16. The van der Waals surface area contributed by atoms with Crippen LogP contribution in [0.25, 0.3) is 11.1 Å². The summed E-state index contributed by atoms with van der Waals surface area (Å²) < 4.78 is 18.4. The van der Waals surface area contributed by atoms with Gasteiger partial charge in [0.05, 0.1) is 22.2 Å². The van der Waals surface area contributed by atoms with Crippen molar-refractivity contribution in [2.75, 3.05) is 26.2 Å². The van der Waals surface area contributed by atoms with Gasteiger partial charge in [-0.25, -0.2) is 0 Å². The molecule has 9 heteroatoms. The number of pyridine rings is 1. The number of rotatable bonds is 13. The molecule has 0 spiro atoms. The van der Waals surface area contributed by atoms with Gasteiger partial charge < -0.3 is 24.8 Å². The van der Waals surface area contributed by atoms with Crippen LogP contribution in [0.1, 0.15) is 53.5 Å². The van der Waals surface area contributed by atoms with E-state index in [-0.39, 0.29) is 13.2 Å². The normalized spacial score (nSPS) is 13.3. The van der Waals surface area contributed by atoms with E-state index in [1.165, 1.54) is 38.5 Å². The highest BCUT2D eigenvalue weighted by Crippen LogP contribution is 2.38. The number of hydrogen-bond donors (Lipinski definition) is 1. The maximum absolute atomic E-state index is 9.16. The van der Waals surface area contributed by atoms with Gasteiger partial charge in [-0.1, -0.05) is 60.0 Å². The summed E-state index contributed by atoms with van der Waals surface area (Å²) in [6.07, 6.45) is 8.07. The molecule has 0 radical (unpaired) electrons. The summed E-state index contributed by atoms with van der Waals surface area (Å²) in [7, 11) is 0. The van der Waals surface area contributed by atoms with Crippen molar-refractivity contribution >= 4 is 23.2 Å². The van der Waals surface area contributed by atoms with Gasteiger partial charge in [-0.05, 0) is 74.2 Å². The summed E-state index contributed by atoms with van der Waals surface area (Å²) in [5.41, 5.74) is 11.9. The molecule has 0 atom stereocenters. The Balaban J connectivity index is 1.26. The van der Waals surface area contributed by atoms with Crippen LogP contribution in [0.4, 0.5) is 0 Å². The first-order valence-corrected chi connectivity index (χ1v) is 16.1. The molecular formula is C36H38Cl2N4O3. The van der Waals surface area contributed by atoms with Gasteiger partial charge in [0.25, 0.3) is 0 Å². The third-order valence-corrected chi connectivity index (χ3v) is 8.75. The Kier molecular flexibility index (Phi) is 11.6. The Morgan fingerprint density at radius 3 is 2.44 bits per heavy atom. The molecule has 1 aliphatic rings. The molecule has 2 N–H and O–H groups in total. The van der Waals surface area contributed by atoms with Gasteiger partial charge in [0.1, 0.15) is 36.5 Å². The van der Waals surface area contributed by atoms with Gasteiger partial charge in [0.2, 0.25) is 0 Å². The summed E-state index contributed by atoms with van der Waals surface area (Å²) in [6, 6.07) is 19.4. The molecule has 1 saturated heterocycles. The van der Waals surface area contributed by atoms with E-state index in [4.69, 9.17) is 48.4 Å². The van der Waals surface area contributed by atoms with Crippen LogP contribution in [0, 0.1) is 18.3 Å². The van der Waals surface area contributed by atoms with Crippen LogP contribution in [0.5, 0.6) is 17.2 Å². The fraction of sp³-hybridized carbons (Fsp3) is 0.333.